The number of ether oxygens (including phenoxy) is 3. The third-order valence-corrected chi connectivity index (χ3v) is 5.47. The maximum Gasteiger partial charge on any atom is 0.411 e. The number of carbonyl (C=O) groups excluding carboxylic acids is 3. The van der Waals surface area contributed by atoms with Crippen molar-refractivity contribution in [1.29, 1.82) is 0 Å². The Kier molecular flexibility index (Phi) is 10.4. The first-order chi connectivity index (χ1) is 16.6. The van der Waals surface area contributed by atoms with Crippen molar-refractivity contribution in [3.8, 4) is 0 Å². The van der Waals surface area contributed by atoms with E-state index in [1.807, 2.05) is 52.0 Å². The predicted molar refractivity (Wildman–Crippen MR) is 135 cm³/mol. The Morgan fingerprint density at radius 2 is 1.20 bits per heavy atom. The molecule has 0 aromatic heterocycles. The molecule has 0 fully saturated rings. The molecular formula is C26H35N3O6. The topological polar surface area (TPSA) is 106 Å². The Bertz CT molecular complexity index is 966. The van der Waals surface area contributed by atoms with Gasteiger partial charge in [-0.2, -0.15) is 0 Å². The molecular weight excluding hydrogens is 450 g/mol. The first-order valence-electron chi connectivity index (χ1n) is 11.5. The second-order valence-electron chi connectivity index (χ2n) is 8.44. The molecule has 2 aromatic carbocycles. The van der Waals surface area contributed by atoms with Crippen molar-refractivity contribution >= 4 is 29.7 Å². The van der Waals surface area contributed by atoms with Crippen LogP contribution in [0.25, 0.3) is 0 Å². The van der Waals surface area contributed by atoms with Gasteiger partial charge in [0.1, 0.15) is 13.2 Å². The molecule has 2 aromatic rings. The average molecular weight is 486 g/mol. The van der Waals surface area contributed by atoms with Gasteiger partial charge in [0.25, 0.3) is 0 Å². The first-order valence-corrected chi connectivity index (χ1v) is 11.5. The number of anilines is 2. The van der Waals surface area contributed by atoms with Crippen LogP contribution in [0.3, 0.4) is 0 Å². The lowest BCUT2D eigenvalue weighted by molar-refractivity contribution is 0.0600. The molecule has 2 rings (SSSR count). The number of carbonyl (C=O) groups is 3. The lowest BCUT2D eigenvalue weighted by Gasteiger charge is -2.23. The molecule has 35 heavy (non-hydrogen) atoms. The monoisotopic (exact) mass is 485 g/mol. The number of aryl methyl sites for hydroxylation is 2. The van der Waals surface area contributed by atoms with Crippen molar-refractivity contribution in [2.24, 2.45) is 0 Å². The van der Waals surface area contributed by atoms with Crippen LogP contribution in [0.1, 0.15) is 36.1 Å². The van der Waals surface area contributed by atoms with Crippen LogP contribution in [0.2, 0.25) is 0 Å². The Morgan fingerprint density at radius 1 is 0.771 bits per heavy atom. The molecule has 0 heterocycles. The molecule has 3 amide bonds. The van der Waals surface area contributed by atoms with Crippen LogP contribution in [-0.2, 0) is 14.2 Å². The maximum absolute atomic E-state index is 12.4. The highest BCUT2D eigenvalue weighted by Gasteiger charge is 2.18. The van der Waals surface area contributed by atoms with Crippen LogP contribution < -0.4 is 10.6 Å². The molecule has 0 aliphatic rings. The SMILES string of the molecule is Cc1cccc(NC(=O)OCCN(CCOC(=O)Nc2cccc(C)c2C)C(=O)OC(C)C)c1C. The van der Waals surface area contributed by atoms with Crippen molar-refractivity contribution < 1.29 is 28.6 Å². The number of amides is 3. The Hall–Kier alpha value is -3.75. The summed E-state index contributed by atoms with van der Waals surface area (Å²) in [5.41, 5.74) is 5.31. The van der Waals surface area contributed by atoms with E-state index < -0.39 is 18.3 Å². The average Bonchev–Trinajstić information content (AvgIpc) is 2.78. The number of rotatable bonds is 9. The summed E-state index contributed by atoms with van der Waals surface area (Å²) in [6.07, 6.45) is -2.16. The van der Waals surface area contributed by atoms with Gasteiger partial charge in [-0.15, -0.1) is 0 Å². The predicted octanol–water partition coefficient (Wildman–Crippen LogP) is 5.56. The molecule has 9 nitrogen and oxygen atoms in total. The van der Waals surface area contributed by atoms with Crippen LogP contribution in [-0.4, -0.2) is 55.6 Å². The quantitative estimate of drug-likeness (QED) is 0.450. The van der Waals surface area contributed by atoms with E-state index in [2.05, 4.69) is 10.6 Å². The zero-order valence-electron chi connectivity index (χ0n) is 21.3. The number of benzene rings is 2. The van der Waals surface area contributed by atoms with E-state index in [9.17, 15) is 14.4 Å². The molecule has 0 spiro atoms. The first kappa shape index (κ1) is 27.5. The van der Waals surface area contributed by atoms with E-state index in [0.29, 0.717) is 11.4 Å². The third kappa shape index (κ3) is 8.84. The summed E-state index contributed by atoms with van der Waals surface area (Å²) in [7, 11) is 0. The minimum Gasteiger partial charge on any atom is -0.447 e. The van der Waals surface area contributed by atoms with Gasteiger partial charge >= 0.3 is 18.3 Å². The van der Waals surface area contributed by atoms with Crippen molar-refractivity contribution in [3.05, 3.63) is 58.7 Å². The lowest BCUT2D eigenvalue weighted by atomic mass is 10.1. The van der Waals surface area contributed by atoms with Gasteiger partial charge in [-0.05, 0) is 75.9 Å². The van der Waals surface area contributed by atoms with E-state index in [1.165, 1.54) is 4.90 Å². The van der Waals surface area contributed by atoms with Crippen LogP contribution in [0.5, 0.6) is 0 Å². The molecule has 0 saturated heterocycles. The number of hydrogen-bond donors (Lipinski definition) is 2. The summed E-state index contributed by atoms with van der Waals surface area (Å²) in [6, 6.07) is 11.2. The highest BCUT2D eigenvalue weighted by molar-refractivity contribution is 5.86. The van der Waals surface area contributed by atoms with E-state index in [0.717, 1.165) is 22.3 Å². The molecule has 0 radical (unpaired) electrons. The highest BCUT2D eigenvalue weighted by Crippen LogP contribution is 2.19. The zero-order valence-corrected chi connectivity index (χ0v) is 21.3. The van der Waals surface area contributed by atoms with Crippen molar-refractivity contribution in [2.45, 2.75) is 47.6 Å². The summed E-state index contributed by atoms with van der Waals surface area (Å²) in [6.45, 7) is 11.2. The molecule has 0 bridgehead atoms. The van der Waals surface area contributed by atoms with Gasteiger partial charge in [0.2, 0.25) is 0 Å². The van der Waals surface area contributed by atoms with Gasteiger partial charge in [0, 0.05) is 11.4 Å². The van der Waals surface area contributed by atoms with Crippen molar-refractivity contribution in [1.82, 2.24) is 4.90 Å². The fraction of sp³-hybridized carbons (Fsp3) is 0.423. The molecule has 9 heteroatoms. The fourth-order valence-corrected chi connectivity index (χ4v) is 3.13. The molecule has 2 N–H and O–H groups in total. The molecule has 0 unspecified atom stereocenters. The van der Waals surface area contributed by atoms with Crippen LogP contribution >= 0.6 is 0 Å². The van der Waals surface area contributed by atoms with E-state index in [1.54, 1.807) is 26.0 Å². The van der Waals surface area contributed by atoms with Gasteiger partial charge in [0.15, 0.2) is 0 Å². The standard InChI is InChI=1S/C26H35N3O6/c1-17(2)35-26(32)29(13-15-33-24(30)27-22-11-7-9-18(3)20(22)5)14-16-34-25(31)28-23-12-8-10-19(4)21(23)6/h7-12,17H,13-16H2,1-6H3,(H,27,30)(H,28,31). The highest BCUT2D eigenvalue weighted by atomic mass is 16.6. The molecule has 0 saturated carbocycles. The number of nitrogens with zero attached hydrogens (tertiary/aromatic N) is 1. The summed E-state index contributed by atoms with van der Waals surface area (Å²) in [5.74, 6) is 0. The largest absolute Gasteiger partial charge is 0.447 e. The van der Waals surface area contributed by atoms with E-state index in [-0.39, 0.29) is 32.4 Å². The normalized spacial score (nSPS) is 10.5. The van der Waals surface area contributed by atoms with E-state index >= 15 is 0 Å². The Balaban J connectivity index is 1.85. The smallest absolute Gasteiger partial charge is 0.411 e. The minimum absolute atomic E-state index is 0.0570. The molecule has 190 valence electrons. The van der Waals surface area contributed by atoms with Crippen LogP contribution in [0.15, 0.2) is 36.4 Å². The van der Waals surface area contributed by atoms with Crippen molar-refractivity contribution in [3.63, 3.8) is 0 Å². The van der Waals surface area contributed by atoms with Crippen LogP contribution in [0, 0.1) is 27.7 Å². The van der Waals surface area contributed by atoms with Gasteiger partial charge < -0.3 is 19.1 Å². The molecule has 0 aliphatic heterocycles. The Labute approximate surface area is 206 Å². The number of hydrogen-bond acceptors (Lipinski definition) is 6. The summed E-state index contributed by atoms with van der Waals surface area (Å²) in [5, 5.41) is 5.40. The number of nitrogens with one attached hydrogen (secondary N) is 2. The summed E-state index contributed by atoms with van der Waals surface area (Å²) in [4.78, 5) is 38.1. The summed E-state index contributed by atoms with van der Waals surface area (Å²) >= 11 is 0. The van der Waals surface area contributed by atoms with Gasteiger partial charge in [-0.3, -0.25) is 10.6 Å². The van der Waals surface area contributed by atoms with Gasteiger partial charge in [0.05, 0.1) is 19.2 Å². The zero-order chi connectivity index (χ0) is 26.0. The van der Waals surface area contributed by atoms with E-state index in [4.69, 9.17) is 14.2 Å². The maximum atomic E-state index is 12.4. The molecule has 0 aliphatic carbocycles. The second-order valence-corrected chi connectivity index (χ2v) is 8.44. The van der Waals surface area contributed by atoms with Gasteiger partial charge in [-0.25, -0.2) is 14.4 Å². The summed E-state index contributed by atoms with van der Waals surface area (Å²) < 4.78 is 15.7. The van der Waals surface area contributed by atoms with Crippen molar-refractivity contribution in [2.75, 3.05) is 36.9 Å². The Morgan fingerprint density at radius 3 is 1.60 bits per heavy atom. The fourth-order valence-electron chi connectivity index (χ4n) is 3.13. The van der Waals surface area contributed by atoms with Gasteiger partial charge in [-0.1, -0.05) is 24.3 Å². The molecule has 0 atom stereocenters. The third-order valence-electron chi connectivity index (χ3n) is 5.47. The lowest BCUT2D eigenvalue weighted by Crippen LogP contribution is -2.39. The minimum atomic E-state index is -0.625. The second kappa shape index (κ2) is 13.2. The van der Waals surface area contributed by atoms with Crippen LogP contribution in [0.4, 0.5) is 25.8 Å².